The van der Waals surface area contributed by atoms with Gasteiger partial charge in [0, 0.05) is 17.3 Å². The molecule has 4 rings (SSSR count). The molecule has 1 amide bonds. The van der Waals surface area contributed by atoms with E-state index in [-0.39, 0.29) is 11.6 Å². The molecule has 0 bridgehead atoms. The molecule has 0 saturated carbocycles. The predicted octanol–water partition coefficient (Wildman–Crippen LogP) is 5.07. The quantitative estimate of drug-likeness (QED) is 0.371. The van der Waals surface area contributed by atoms with Crippen LogP contribution < -0.4 is 5.32 Å². The Bertz CT molecular complexity index is 1180. The highest BCUT2D eigenvalue weighted by Gasteiger charge is 2.21. The first-order chi connectivity index (χ1) is 14.0. The van der Waals surface area contributed by atoms with Gasteiger partial charge in [-0.2, -0.15) is 5.10 Å². The summed E-state index contributed by atoms with van der Waals surface area (Å²) in [6.45, 7) is 1.84. The molecule has 4 aromatic rings. The summed E-state index contributed by atoms with van der Waals surface area (Å²) in [5.74, 6) is -0.304. The highest BCUT2D eigenvalue weighted by molar-refractivity contribution is 7.12. The van der Waals surface area contributed by atoms with Crippen LogP contribution >= 0.6 is 11.3 Å². The molecule has 0 aliphatic carbocycles. The van der Waals surface area contributed by atoms with Gasteiger partial charge in [-0.25, -0.2) is 4.68 Å². The van der Waals surface area contributed by atoms with Gasteiger partial charge in [0.25, 0.3) is 11.6 Å². The van der Waals surface area contributed by atoms with Crippen molar-refractivity contribution in [3.05, 3.63) is 92.8 Å². The molecule has 2 aromatic carbocycles. The average molecular weight is 404 g/mol. The molecule has 0 spiro atoms. The molecule has 0 aliphatic heterocycles. The van der Waals surface area contributed by atoms with Crippen molar-refractivity contribution < 1.29 is 9.72 Å². The summed E-state index contributed by atoms with van der Waals surface area (Å²) in [5.41, 5.74) is 2.93. The molecule has 0 fully saturated rings. The third-order valence-corrected chi connectivity index (χ3v) is 5.17. The molecule has 29 heavy (non-hydrogen) atoms. The van der Waals surface area contributed by atoms with Gasteiger partial charge in [-0.1, -0.05) is 36.4 Å². The maximum absolute atomic E-state index is 12.3. The molecule has 7 nitrogen and oxygen atoms in total. The van der Waals surface area contributed by atoms with Crippen LogP contribution in [-0.2, 0) is 0 Å². The van der Waals surface area contributed by atoms with Crippen LogP contribution in [-0.4, -0.2) is 20.6 Å². The number of nitro groups is 1. The Morgan fingerprint density at radius 2 is 1.90 bits per heavy atom. The van der Waals surface area contributed by atoms with E-state index in [1.807, 2.05) is 43.3 Å². The van der Waals surface area contributed by atoms with Crippen molar-refractivity contribution in [3.63, 3.8) is 0 Å². The van der Waals surface area contributed by atoms with Crippen LogP contribution in [0.2, 0.25) is 0 Å². The molecular weight excluding hydrogens is 388 g/mol. The van der Waals surface area contributed by atoms with Gasteiger partial charge >= 0.3 is 0 Å². The number of nitrogens with one attached hydrogen (secondary N) is 1. The maximum atomic E-state index is 12.3. The van der Waals surface area contributed by atoms with Gasteiger partial charge < -0.3 is 5.32 Å². The van der Waals surface area contributed by atoms with Crippen LogP contribution in [0.5, 0.6) is 0 Å². The fourth-order valence-corrected chi connectivity index (χ4v) is 3.64. The van der Waals surface area contributed by atoms with Crippen LogP contribution in [0.3, 0.4) is 0 Å². The standard InChI is InChI=1S/C21H16N4O3S/c1-14-12-18(15-6-3-2-4-7-15)24(23-14)17-10-9-16(13-19(17)25(27)28)22-21(26)20-8-5-11-29-20/h2-13H,1H3,(H,22,26). The zero-order valence-corrected chi connectivity index (χ0v) is 16.2. The fourth-order valence-electron chi connectivity index (χ4n) is 3.02. The number of aryl methyl sites for hydroxylation is 1. The zero-order chi connectivity index (χ0) is 20.4. The van der Waals surface area contributed by atoms with E-state index < -0.39 is 4.92 Å². The first-order valence-corrected chi connectivity index (χ1v) is 9.66. The fraction of sp³-hybridized carbons (Fsp3) is 0.0476. The van der Waals surface area contributed by atoms with Gasteiger partial charge in [-0.3, -0.25) is 14.9 Å². The molecule has 0 saturated heterocycles. The lowest BCUT2D eigenvalue weighted by molar-refractivity contribution is -0.384. The van der Waals surface area contributed by atoms with Gasteiger partial charge in [0.05, 0.1) is 21.2 Å². The van der Waals surface area contributed by atoms with Crippen molar-refractivity contribution in [1.29, 1.82) is 0 Å². The Morgan fingerprint density at radius 1 is 1.10 bits per heavy atom. The van der Waals surface area contributed by atoms with E-state index in [9.17, 15) is 14.9 Å². The third-order valence-electron chi connectivity index (χ3n) is 4.30. The number of thiophene rings is 1. The van der Waals surface area contributed by atoms with Crippen molar-refractivity contribution in [2.24, 2.45) is 0 Å². The summed E-state index contributed by atoms with van der Waals surface area (Å²) >= 11 is 1.30. The molecule has 1 N–H and O–H groups in total. The van der Waals surface area contributed by atoms with Crippen LogP contribution in [0.1, 0.15) is 15.4 Å². The van der Waals surface area contributed by atoms with Crippen molar-refractivity contribution in [1.82, 2.24) is 9.78 Å². The van der Waals surface area contributed by atoms with E-state index >= 15 is 0 Å². The molecule has 0 atom stereocenters. The maximum Gasteiger partial charge on any atom is 0.296 e. The Hall–Kier alpha value is -3.78. The molecule has 0 radical (unpaired) electrons. The van der Waals surface area contributed by atoms with Gasteiger partial charge in [-0.15, -0.1) is 11.3 Å². The monoisotopic (exact) mass is 404 g/mol. The minimum Gasteiger partial charge on any atom is -0.321 e. The second-order valence-corrected chi connectivity index (χ2v) is 7.29. The minimum atomic E-state index is -0.470. The lowest BCUT2D eigenvalue weighted by Gasteiger charge is -2.10. The SMILES string of the molecule is Cc1cc(-c2ccccc2)n(-c2ccc(NC(=O)c3cccs3)cc2[N+](=O)[O-])n1. The number of hydrogen-bond donors (Lipinski definition) is 1. The Balaban J connectivity index is 1.76. The van der Waals surface area contributed by atoms with E-state index in [4.69, 9.17) is 0 Å². The normalized spacial score (nSPS) is 10.7. The van der Waals surface area contributed by atoms with E-state index in [1.54, 1.807) is 34.3 Å². The molecule has 144 valence electrons. The first kappa shape index (κ1) is 18.6. The van der Waals surface area contributed by atoms with Crippen LogP contribution in [0.15, 0.2) is 72.1 Å². The summed E-state index contributed by atoms with van der Waals surface area (Å²) in [6.07, 6.45) is 0. The van der Waals surface area contributed by atoms with Gasteiger partial charge in [0.2, 0.25) is 0 Å². The summed E-state index contributed by atoms with van der Waals surface area (Å²) in [6, 6.07) is 19.5. The minimum absolute atomic E-state index is 0.144. The van der Waals surface area contributed by atoms with E-state index in [0.717, 1.165) is 17.0 Å². The van der Waals surface area contributed by atoms with Crippen molar-refractivity contribution in [3.8, 4) is 16.9 Å². The Kier molecular flexibility index (Phi) is 4.92. The second kappa shape index (κ2) is 7.69. The van der Waals surface area contributed by atoms with Gasteiger partial charge in [0.15, 0.2) is 0 Å². The smallest absolute Gasteiger partial charge is 0.296 e. The zero-order valence-electron chi connectivity index (χ0n) is 15.4. The Morgan fingerprint density at radius 3 is 2.59 bits per heavy atom. The van der Waals surface area contributed by atoms with E-state index in [1.165, 1.54) is 17.4 Å². The number of nitro benzene ring substituents is 1. The molecule has 8 heteroatoms. The molecule has 0 aliphatic rings. The lowest BCUT2D eigenvalue weighted by atomic mass is 10.1. The van der Waals surface area contributed by atoms with Crippen LogP contribution in [0.25, 0.3) is 16.9 Å². The summed E-state index contributed by atoms with van der Waals surface area (Å²) in [4.78, 5) is 24.1. The average Bonchev–Trinajstić information content (AvgIpc) is 3.38. The van der Waals surface area contributed by atoms with E-state index in [2.05, 4.69) is 10.4 Å². The first-order valence-electron chi connectivity index (χ1n) is 8.78. The third kappa shape index (κ3) is 3.78. The number of hydrogen-bond acceptors (Lipinski definition) is 5. The number of amides is 1. The molecule has 2 heterocycles. The summed E-state index contributed by atoms with van der Waals surface area (Å²) < 4.78 is 1.56. The number of rotatable bonds is 5. The molecule has 2 aromatic heterocycles. The number of anilines is 1. The number of carbonyl (C=O) groups is 1. The van der Waals surface area contributed by atoms with Crippen molar-refractivity contribution >= 4 is 28.6 Å². The van der Waals surface area contributed by atoms with Gasteiger partial charge in [0.1, 0.15) is 5.69 Å². The molecule has 0 unspecified atom stereocenters. The summed E-state index contributed by atoms with van der Waals surface area (Å²) in [7, 11) is 0. The molecular formula is C21H16N4O3S. The number of benzene rings is 2. The number of aromatic nitrogens is 2. The number of carbonyl (C=O) groups excluding carboxylic acids is 1. The second-order valence-electron chi connectivity index (χ2n) is 6.34. The Labute approximate surface area is 170 Å². The highest BCUT2D eigenvalue weighted by atomic mass is 32.1. The number of nitrogens with zero attached hydrogens (tertiary/aromatic N) is 3. The van der Waals surface area contributed by atoms with Crippen LogP contribution in [0.4, 0.5) is 11.4 Å². The largest absolute Gasteiger partial charge is 0.321 e. The van der Waals surface area contributed by atoms with Crippen LogP contribution in [0, 0.1) is 17.0 Å². The lowest BCUT2D eigenvalue weighted by Crippen LogP contribution is -2.11. The summed E-state index contributed by atoms with van der Waals surface area (Å²) in [5, 5.41) is 20.7. The van der Waals surface area contributed by atoms with E-state index in [0.29, 0.717) is 16.3 Å². The predicted molar refractivity (Wildman–Crippen MR) is 113 cm³/mol. The topological polar surface area (TPSA) is 90.1 Å². The highest BCUT2D eigenvalue weighted by Crippen LogP contribution is 2.31. The van der Waals surface area contributed by atoms with Crippen molar-refractivity contribution in [2.75, 3.05) is 5.32 Å². The van der Waals surface area contributed by atoms with Crippen molar-refractivity contribution in [2.45, 2.75) is 6.92 Å². The van der Waals surface area contributed by atoms with Gasteiger partial charge in [-0.05, 0) is 36.6 Å².